The van der Waals surface area contributed by atoms with Gasteiger partial charge >= 0.3 is 5.97 Å². The van der Waals surface area contributed by atoms with Gasteiger partial charge in [-0.25, -0.2) is 4.79 Å². The van der Waals surface area contributed by atoms with E-state index in [0.29, 0.717) is 6.42 Å². The summed E-state index contributed by atoms with van der Waals surface area (Å²) in [4.78, 5) is 63.1. The molecule has 5 unspecified atom stereocenters. The van der Waals surface area contributed by atoms with Crippen LogP contribution in [0.15, 0.2) is 4.99 Å². The average Bonchev–Trinajstić information content (AvgIpc) is 2.74. The van der Waals surface area contributed by atoms with Gasteiger partial charge in [-0.1, -0.05) is 0 Å². The summed E-state index contributed by atoms with van der Waals surface area (Å²) < 4.78 is 0. The van der Waals surface area contributed by atoms with Gasteiger partial charge in [-0.2, -0.15) is 0 Å². The Labute approximate surface area is 195 Å². The molecule has 16 nitrogen and oxygen atoms in total. The summed E-state index contributed by atoms with van der Waals surface area (Å²) in [5.74, 6) is -5.23. The minimum Gasteiger partial charge on any atom is -0.480 e. The number of hydrogen-bond donors (Lipinski definition) is 10. The van der Waals surface area contributed by atoms with Crippen LogP contribution in [0.4, 0.5) is 0 Å². The van der Waals surface area contributed by atoms with Crippen molar-refractivity contribution in [3.8, 4) is 0 Å². The number of nitrogens with one attached hydrogen (secondary N) is 3. The maximum absolute atomic E-state index is 12.5. The Morgan fingerprint density at radius 3 is 1.97 bits per heavy atom. The van der Waals surface area contributed by atoms with Gasteiger partial charge in [-0.3, -0.25) is 24.2 Å². The van der Waals surface area contributed by atoms with Crippen LogP contribution in [-0.4, -0.2) is 94.3 Å². The minimum absolute atomic E-state index is 0.116. The number of carbonyl (C=O) groups is 5. The molecule has 0 spiro atoms. The molecule has 4 amide bonds. The molecule has 0 aromatic rings. The van der Waals surface area contributed by atoms with Crippen molar-refractivity contribution in [2.45, 2.75) is 62.9 Å². The highest BCUT2D eigenvalue weighted by molar-refractivity contribution is 5.94. The summed E-state index contributed by atoms with van der Waals surface area (Å²) in [5, 5.41) is 35.0. The lowest BCUT2D eigenvalue weighted by atomic mass is 10.1. The largest absolute Gasteiger partial charge is 0.480 e. The van der Waals surface area contributed by atoms with E-state index in [-0.39, 0.29) is 31.8 Å². The number of hydrogen-bond acceptors (Lipinski definition) is 9. The first-order valence-corrected chi connectivity index (χ1v) is 10.3. The highest BCUT2D eigenvalue weighted by Crippen LogP contribution is 2.02. The van der Waals surface area contributed by atoms with E-state index in [1.54, 1.807) is 0 Å². The van der Waals surface area contributed by atoms with E-state index in [9.17, 15) is 39.3 Å². The molecule has 16 heteroatoms. The smallest absolute Gasteiger partial charge is 0.326 e. The van der Waals surface area contributed by atoms with E-state index in [1.165, 1.54) is 0 Å². The molecular formula is C18H34N8O8. The highest BCUT2D eigenvalue weighted by atomic mass is 16.4. The molecule has 0 saturated heterocycles. The topological polar surface area (TPSA) is 299 Å². The Morgan fingerprint density at radius 2 is 1.50 bits per heavy atom. The fourth-order valence-corrected chi connectivity index (χ4v) is 2.59. The Bertz CT molecular complexity index is 756. The number of aliphatic hydroxyl groups is 2. The number of guanidine groups is 1. The van der Waals surface area contributed by atoms with Crippen LogP contribution < -0.4 is 38.9 Å². The third-order valence-corrected chi connectivity index (χ3v) is 4.48. The number of rotatable bonds is 16. The van der Waals surface area contributed by atoms with Gasteiger partial charge < -0.3 is 54.2 Å². The normalized spacial score (nSPS) is 15.1. The minimum atomic E-state index is -1.64. The summed E-state index contributed by atoms with van der Waals surface area (Å²) in [7, 11) is 0. The second-order valence-corrected chi connectivity index (χ2v) is 7.43. The number of primary amides is 1. The number of carboxylic acid groups (broad SMARTS) is 1. The molecule has 0 aromatic heterocycles. The Morgan fingerprint density at radius 1 is 0.912 bits per heavy atom. The summed E-state index contributed by atoms with van der Waals surface area (Å²) in [6, 6.07) is -5.71. The van der Waals surface area contributed by atoms with E-state index in [1.807, 2.05) is 0 Å². The van der Waals surface area contributed by atoms with Crippen LogP contribution in [-0.2, 0) is 24.0 Å². The van der Waals surface area contributed by atoms with Crippen molar-refractivity contribution >= 4 is 35.6 Å². The van der Waals surface area contributed by atoms with Crippen LogP contribution in [0.2, 0.25) is 0 Å². The second-order valence-electron chi connectivity index (χ2n) is 7.43. The van der Waals surface area contributed by atoms with Gasteiger partial charge in [-0.05, 0) is 26.2 Å². The van der Waals surface area contributed by atoms with E-state index < -0.39 is 66.5 Å². The third-order valence-electron chi connectivity index (χ3n) is 4.48. The fourth-order valence-electron chi connectivity index (χ4n) is 2.59. The van der Waals surface area contributed by atoms with Crippen LogP contribution in [0.25, 0.3) is 0 Å². The average molecular weight is 491 g/mol. The Balaban J connectivity index is 5.07. The zero-order valence-corrected chi connectivity index (χ0v) is 18.8. The van der Waals surface area contributed by atoms with Gasteiger partial charge in [0.2, 0.25) is 23.6 Å². The molecule has 14 N–H and O–H groups in total. The zero-order chi connectivity index (χ0) is 26.4. The summed E-state index contributed by atoms with van der Waals surface area (Å²) in [5.41, 5.74) is 21.1. The molecular weight excluding hydrogens is 456 g/mol. The van der Waals surface area contributed by atoms with Crippen LogP contribution >= 0.6 is 0 Å². The number of nitrogens with two attached hydrogens (primary N) is 4. The van der Waals surface area contributed by atoms with Crippen LogP contribution in [0.1, 0.15) is 32.6 Å². The molecule has 0 aliphatic rings. The number of aliphatic hydroxyl groups excluding tert-OH is 2. The van der Waals surface area contributed by atoms with Gasteiger partial charge in [0, 0.05) is 13.0 Å². The summed E-state index contributed by atoms with van der Waals surface area (Å²) in [6.45, 7) is 0.528. The SMILES string of the molecule is CC(O)C(NC(=O)C(CO)NC(=O)C(N)CCCN=C(N)N)C(=O)NC(CCC(N)=O)C(=O)O. The van der Waals surface area contributed by atoms with Crippen molar-refractivity contribution in [1.29, 1.82) is 0 Å². The van der Waals surface area contributed by atoms with Crippen LogP contribution in [0.3, 0.4) is 0 Å². The molecule has 34 heavy (non-hydrogen) atoms. The van der Waals surface area contributed by atoms with Crippen molar-refractivity contribution < 1.29 is 39.3 Å². The standard InChI is InChI=1S/C18H34N8O8/c1-8(28)13(16(32)24-10(17(33)34)4-5-12(20)29)26-15(31)11(7-27)25-14(30)9(19)3-2-6-23-18(21)22/h8-11,13,27-28H,2-7,19H2,1H3,(H2,20,29)(H,24,32)(H,25,30)(H,26,31)(H,33,34)(H4,21,22,23). The van der Waals surface area contributed by atoms with Crippen molar-refractivity contribution in [3.05, 3.63) is 0 Å². The quantitative estimate of drug-likeness (QED) is 0.0552. The van der Waals surface area contributed by atoms with Crippen molar-refractivity contribution in [3.63, 3.8) is 0 Å². The predicted octanol–water partition coefficient (Wildman–Crippen LogP) is -5.46. The van der Waals surface area contributed by atoms with Crippen LogP contribution in [0.5, 0.6) is 0 Å². The second kappa shape index (κ2) is 15.4. The predicted molar refractivity (Wildman–Crippen MR) is 119 cm³/mol. The molecule has 194 valence electrons. The Kier molecular flexibility index (Phi) is 13.8. The molecule has 0 aromatic carbocycles. The molecule has 0 bridgehead atoms. The fraction of sp³-hybridized carbons (Fsp3) is 0.667. The van der Waals surface area contributed by atoms with E-state index >= 15 is 0 Å². The third kappa shape index (κ3) is 11.9. The monoisotopic (exact) mass is 490 g/mol. The molecule has 0 fully saturated rings. The van der Waals surface area contributed by atoms with E-state index in [2.05, 4.69) is 20.9 Å². The number of aliphatic imine (C=N–C) groups is 1. The summed E-state index contributed by atoms with van der Waals surface area (Å²) in [6.07, 6.45) is -1.58. The molecule has 0 aliphatic heterocycles. The van der Waals surface area contributed by atoms with Gasteiger partial charge in [0.1, 0.15) is 18.1 Å². The number of amides is 4. The lowest BCUT2D eigenvalue weighted by Crippen LogP contribution is -2.60. The molecule has 0 saturated carbocycles. The van der Waals surface area contributed by atoms with Gasteiger partial charge in [0.05, 0.1) is 18.8 Å². The van der Waals surface area contributed by atoms with Gasteiger partial charge in [-0.15, -0.1) is 0 Å². The lowest BCUT2D eigenvalue weighted by Gasteiger charge is -2.25. The zero-order valence-electron chi connectivity index (χ0n) is 18.8. The molecule has 0 rings (SSSR count). The van der Waals surface area contributed by atoms with Gasteiger partial charge in [0.15, 0.2) is 5.96 Å². The first-order valence-electron chi connectivity index (χ1n) is 10.3. The number of carboxylic acids is 1. The number of carbonyl (C=O) groups excluding carboxylic acids is 4. The van der Waals surface area contributed by atoms with Crippen molar-refractivity contribution in [2.24, 2.45) is 27.9 Å². The Hall–Kier alpha value is -3.50. The lowest BCUT2D eigenvalue weighted by molar-refractivity contribution is -0.143. The van der Waals surface area contributed by atoms with Crippen molar-refractivity contribution in [1.82, 2.24) is 16.0 Å². The number of aliphatic carboxylic acids is 1. The first kappa shape index (κ1) is 30.5. The van der Waals surface area contributed by atoms with Crippen LogP contribution in [0, 0.1) is 0 Å². The van der Waals surface area contributed by atoms with E-state index in [4.69, 9.17) is 22.9 Å². The number of nitrogens with zero attached hydrogens (tertiary/aromatic N) is 1. The molecule has 0 heterocycles. The first-order chi connectivity index (χ1) is 15.8. The van der Waals surface area contributed by atoms with Gasteiger partial charge in [0.25, 0.3) is 0 Å². The molecule has 5 atom stereocenters. The maximum Gasteiger partial charge on any atom is 0.326 e. The highest BCUT2D eigenvalue weighted by Gasteiger charge is 2.32. The van der Waals surface area contributed by atoms with Crippen molar-refractivity contribution in [2.75, 3.05) is 13.2 Å². The molecule has 0 aliphatic carbocycles. The van der Waals surface area contributed by atoms with E-state index in [0.717, 1.165) is 6.92 Å². The molecule has 0 radical (unpaired) electrons. The summed E-state index contributed by atoms with van der Waals surface area (Å²) >= 11 is 0. The maximum atomic E-state index is 12.5.